The monoisotopic (exact) mass is 963 g/mol. The van der Waals surface area contributed by atoms with Gasteiger partial charge in [-0.2, -0.15) is 0 Å². The Morgan fingerprint density at radius 1 is 0.470 bits per heavy atom. The molecule has 6 N–H and O–H groups in total. The number of carbonyl (C=O) groups is 1. The maximum Gasteiger partial charge on any atom is 0.472 e. The Hall–Kier alpha value is -0.920. The van der Waals surface area contributed by atoms with E-state index in [2.05, 4.69) is 26.0 Å². The summed E-state index contributed by atoms with van der Waals surface area (Å²) in [7, 11) is -5.02. The van der Waals surface area contributed by atoms with Gasteiger partial charge in [0.25, 0.3) is 0 Å². The number of aliphatic hydroxyl groups is 5. The number of unbranched alkanes of at least 4 members (excludes halogenated alkanes) is 34. The minimum atomic E-state index is -5.02. The molecule has 1 aliphatic rings. The second-order valence-corrected chi connectivity index (χ2v) is 20.8. The van der Waals surface area contributed by atoms with Gasteiger partial charge in [0.1, 0.15) is 42.7 Å². The van der Waals surface area contributed by atoms with Crippen molar-refractivity contribution in [2.45, 2.75) is 301 Å². The predicted molar refractivity (Wildman–Crippen MR) is 267 cm³/mol. The van der Waals surface area contributed by atoms with Crippen molar-refractivity contribution in [1.82, 2.24) is 0 Å². The van der Waals surface area contributed by atoms with Crippen molar-refractivity contribution in [2.24, 2.45) is 0 Å². The zero-order chi connectivity index (χ0) is 48.4. The van der Waals surface area contributed by atoms with Crippen molar-refractivity contribution < 1.29 is 58.3 Å². The molecule has 0 saturated heterocycles. The third-order valence-corrected chi connectivity index (χ3v) is 14.1. The van der Waals surface area contributed by atoms with E-state index >= 15 is 0 Å². The van der Waals surface area contributed by atoms with Crippen molar-refractivity contribution >= 4 is 13.8 Å². The number of phosphoric ester groups is 1. The van der Waals surface area contributed by atoms with Gasteiger partial charge >= 0.3 is 13.8 Å². The van der Waals surface area contributed by atoms with Crippen molar-refractivity contribution in [3.63, 3.8) is 0 Å². The lowest BCUT2D eigenvalue weighted by molar-refractivity contribution is -0.220. The van der Waals surface area contributed by atoms with Gasteiger partial charge in [0.15, 0.2) is 0 Å². The molecule has 0 aromatic carbocycles. The molecule has 0 aromatic heterocycles. The number of aliphatic hydroxyl groups excluding tert-OH is 5. The Morgan fingerprint density at radius 2 is 0.803 bits per heavy atom. The topological polar surface area (TPSA) is 192 Å². The molecule has 13 heteroatoms. The van der Waals surface area contributed by atoms with Crippen LogP contribution in [0, 0.1) is 0 Å². The molecule has 1 fully saturated rings. The van der Waals surface area contributed by atoms with Crippen LogP contribution in [0.25, 0.3) is 0 Å². The Bertz CT molecular complexity index is 1140. The highest BCUT2D eigenvalue weighted by molar-refractivity contribution is 7.47. The average Bonchev–Trinajstić information content (AvgIpc) is 3.30. The Kier molecular flexibility index (Phi) is 42.1. The molecular weight excluding hydrogens is 860 g/mol. The lowest BCUT2D eigenvalue weighted by Crippen LogP contribution is -2.64. The fourth-order valence-electron chi connectivity index (χ4n) is 8.77. The highest BCUT2D eigenvalue weighted by Gasteiger charge is 2.51. The van der Waals surface area contributed by atoms with Gasteiger partial charge in [-0.1, -0.05) is 225 Å². The fourth-order valence-corrected chi connectivity index (χ4v) is 9.74. The quantitative estimate of drug-likeness (QED) is 0.0147. The van der Waals surface area contributed by atoms with E-state index in [1.165, 1.54) is 193 Å². The first kappa shape index (κ1) is 63.1. The molecule has 1 rings (SSSR count). The molecule has 0 aromatic rings. The molecule has 66 heavy (non-hydrogen) atoms. The number of carbonyl (C=O) groups excluding carboxylic acids is 1. The average molecular weight is 963 g/mol. The highest BCUT2D eigenvalue weighted by atomic mass is 31.2. The van der Waals surface area contributed by atoms with Gasteiger partial charge in [0.05, 0.1) is 13.2 Å². The molecule has 0 spiro atoms. The van der Waals surface area contributed by atoms with Crippen molar-refractivity contribution in [3.05, 3.63) is 12.2 Å². The van der Waals surface area contributed by atoms with Crippen molar-refractivity contribution in [2.75, 3.05) is 19.8 Å². The summed E-state index contributed by atoms with van der Waals surface area (Å²) in [4.78, 5) is 23.3. The summed E-state index contributed by atoms with van der Waals surface area (Å²) in [5.74, 6) is -0.473. The summed E-state index contributed by atoms with van der Waals surface area (Å²) >= 11 is 0. The fraction of sp³-hybridized carbons (Fsp3) is 0.943. The molecule has 1 saturated carbocycles. The predicted octanol–water partition coefficient (Wildman–Crippen LogP) is 12.7. The summed E-state index contributed by atoms with van der Waals surface area (Å²) in [5, 5.41) is 50.4. The summed E-state index contributed by atoms with van der Waals surface area (Å²) < 4.78 is 34.4. The smallest absolute Gasteiger partial charge is 0.457 e. The van der Waals surface area contributed by atoms with Crippen LogP contribution >= 0.6 is 7.82 Å². The largest absolute Gasteiger partial charge is 0.472 e. The molecule has 0 aliphatic heterocycles. The Labute approximate surface area is 403 Å². The van der Waals surface area contributed by atoms with Gasteiger partial charge in [-0.05, 0) is 38.5 Å². The number of rotatable bonds is 48. The zero-order valence-corrected chi connectivity index (χ0v) is 43.2. The SMILES string of the molecule is CCCCCCCC/C=C\CCCCCCCCCCCC(=O)OC(COCCCCCCCCCCCCCCCCCCCCCC)COP(=O)(O)OC1C(O)C(O)C(O)C(O)C1O. The number of ether oxygens (including phenoxy) is 2. The van der Waals surface area contributed by atoms with Crippen LogP contribution in [0.4, 0.5) is 0 Å². The van der Waals surface area contributed by atoms with Gasteiger partial charge in [0.2, 0.25) is 0 Å². The highest BCUT2D eigenvalue weighted by Crippen LogP contribution is 2.47. The van der Waals surface area contributed by atoms with Crippen molar-refractivity contribution in [1.29, 1.82) is 0 Å². The Balaban J connectivity index is 2.30. The van der Waals surface area contributed by atoms with Gasteiger partial charge in [-0.3, -0.25) is 13.8 Å². The maximum atomic E-state index is 12.9. The molecule has 1 aliphatic carbocycles. The summed E-state index contributed by atoms with van der Waals surface area (Å²) in [5.41, 5.74) is 0. The van der Waals surface area contributed by atoms with E-state index in [4.69, 9.17) is 18.5 Å². The van der Waals surface area contributed by atoms with Crippen molar-refractivity contribution in [3.8, 4) is 0 Å². The molecule has 0 bridgehead atoms. The second-order valence-electron chi connectivity index (χ2n) is 19.4. The van der Waals surface area contributed by atoms with E-state index in [0.29, 0.717) is 13.0 Å². The first-order valence-corrected chi connectivity index (χ1v) is 29.0. The lowest BCUT2D eigenvalue weighted by atomic mass is 9.85. The Morgan fingerprint density at radius 3 is 1.20 bits per heavy atom. The number of allylic oxidation sites excluding steroid dienone is 2. The van der Waals surface area contributed by atoms with Crippen LogP contribution in [0.3, 0.4) is 0 Å². The van der Waals surface area contributed by atoms with Gasteiger partial charge in [-0.15, -0.1) is 0 Å². The molecule has 392 valence electrons. The van der Waals surface area contributed by atoms with E-state index in [0.717, 1.165) is 38.5 Å². The van der Waals surface area contributed by atoms with E-state index in [1.54, 1.807) is 0 Å². The molecular formula is C53H103O12P. The van der Waals surface area contributed by atoms with Gasteiger partial charge in [0, 0.05) is 13.0 Å². The maximum absolute atomic E-state index is 12.9. The van der Waals surface area contributed by atoms with Crippen LogP contribution < -0.4 is 0 Å². The molecule has 6 atom stereocenters. The standard InChI is InChI=1S/C53H103O12P/c1-3-5-7-9-11-13-15-17-19-21-23-25-27-29-31-33-35-37-39-41-43-62-44-46(45-63-66(60,61)65-53-51(58)49(56)48(55)50(57)52(53)59)64-47(54)42-40-38-36-34-32-30-28-26-24-22-20-18-16-14-12-10-8-6-4-2/h18,20,46,48-53,55-59H,3-17,19,21-45H2,1-2H3,(H,60,61)/b20-18-. The number of esters is 1. The second kappa shape index (κ2) is 44.1. The minimum absolute atomic E-state index is 0.0708. The van der Waals surface area contributed by atoms with Gasteiger partial charge < -0.3 is 39.9 Å². The molecule has 12 nitrogen and oxygen atoms in total. The third kappa shape index (κ3) is 35.2. The van der Waals surface area contributed by atoms with E-state index < -0.39 is 63.1 Å². The lowest BCUT2D eigenvalue weighted by Gasteiger charge is -2.41. The molecule has 0 amide bonds. The normalized spacial score (nSPS) is 21.4. The van der Waals surface area contributed by atoms with Crippen LogP contribution in [0.1, 0.15) is 258 Å². The van der Waals surface area contributed by atoms with Crippen LogP contribution in [0.5, 0.6) is 0 Å². The molecule has 0 heterocycles. The minimum Gasteiger partial charge on any atom is -0.457 e. The van der Waals surface area contributed by atoms with Crippen LogP contribution in [-0.4, -0.2) is 98.9 Å². The van der Waals surface area contributed by atoms with Gasteiger partial charge in [-0.25, -0.2) is 4.57 Å². The first-order valence-electron chi connectivity index (χ1n) is 27.5. The summed E-state index contributed by atoms with van der Waals surface area (Å²) in [6.45, 7) is 4.31. The first-order chi connectivity index (χ1) is 32.0. The van der Waals surface area contributed by atoms with E-state index in [1.807, 2.05) is 0 Å². The summed E-state index contributed by atoms with van der Waals surface area (Å²) in [6.07, 6.45) is 38.5. The third-order valence-electron chi connectivity index (χ3n) is 13.1. The van der Waals surface area contributed by atoms with Crippen LogP contribution in [-0.2, 0) is 27.9 Å². The molecule has 6 unspecified atom stereocenters. The van der Waals surface area contributed by atoms with Crippen LogP contribution in [0.2, 0.25) is 0 Å². The summed E-state index contributed by atoms with van der Waals surface area (Å²) in [6, 6.07) is 0. The molecule has 0 radical (unpaired) electrons. The van der Waals surface area contributed by atoms with Crippen LogP contribution in [0.15, 0.2) is 12.2 Å². The van der Waals surface area contributed by atoms with E-state index in [9.17, 15) is 39.8 Å². The number of hydrogen-bond acceptors (Lipinski definition) is 11. The van der Waals surface area contributed by atoms with E-state index in [-0.39, 0.29) is 13.0 Å². The zero-order valence-electron chi connectivity index (χ0n) is 42.3. The number of hydrogen-bond donors (Lipinski definition) is 6. The number of phosphoric acid groups is 1.